The quantitative estimate of drug-likeness (QED) is 0.202. The van der Waals surface area contributed by atoms with Gasteiger partial charge >= 0.3 is 6.09 Å². The van der Waals surface area contributed by atoms with Gasteiger partial charge < -0.3 is 25.3 Å². The van der Waals surface area contributed by atoms with E-state index in [1.54, 1.807) is 49.6 Å². The van der Waals surface area contributed by atoms with Gasteiger partial charge in [-0.25, -0.2) is 13.2 Å². The molecule has 3 aromatic carbocycles. The molecule has 13 heteroatoms. The molecule has 3 N–H and O–H groups in total. The van der Waals surface area contributed by atoms with E-state index >= 15 is 0 Å². The van der Waals surface area contributed by atoms with Gasteiger partial charge in [-0.1, -0.05) is 37.6 Å². The molecule has 268 valence electrons. The van der Waals surface area contributed by atoms with E-state index < -0.39 is 39.2 Å². The summed E-state index contributed by atoms with van der Waals surface area (Å²) in [6.45, 7) is 5.51. The van der Waals surface area contributed by atoms with Crippen LogP contribution in [0.4, 0.5) is 16.2 Å². The molecule has 2 atom stereocenters. The molecule has 4 bridgehead atoms. The molecule has 51 heavy (non-hydrogen) atoms. The Kier molecular flexibility index (Phi) is 10.2. The van der Waals surface area contributed by atoms with Crippen LogP contribution in [0.1, 0.15) is 73.9 Å². The third-order valence-corrected chi connectivity index (χ3v) is 11.9. The van der Waals surface area contributed by atoms with Gasteiger partial charge in [-0.05, 0) is 97.1 Å². The lowest BCUT2D eigenvalue weighted by Gasteiger charge is -2.31. The predicted molar refractivity (Wildman–Crippen MR) is 195 cm³/mol. The van der Waals surface area contributed by atoms with E-state index in [4.69, 9.17) is 4.74 Å². The lowest BCUT2D eigenvalue weighted by Crippen LogP contribution is -2.40. The van der Waals surface area contributed by atoms with Crippen LogP contribution in [-0.2, 0) is 30.7 Å². The van der Waals surface area contributed by atoms with Crippen molar-refractivity contribution in [3.63, 3.8) is 0 Å². The van der Waals surface area contributed by atoms with Crippen LogP contribution >= 0.6 is 0 Å². The van der Waals surface area contributed by atoms with Gasteiger partial charge in [0.2, 0.25) is 11.8 Å². The van der Waals surface area contributed by atoms with E-state index in [2.05, 4.69) is 15.6 Å². The second kappa shape index (κ2) is 14.6. The van der Waals surface area contributed by atoms with E-state index in [-0.39, 0.29) is 36.1 Å². The van der Waals surface area contributed by atoms with Gasteiger partial charge in [0.05, 0.1) is 22.8 Å². The fourth-order valence-electron chi connectivity index (χ4n) is 6.51. The van der Waals surface area contributed by atoms with E-state index in [0.29, 0.717) is 47.2 Å². The second-order valence-corrected chi connectivity index (χ2v) is 15.6. The van der Waals surface area contributed by atoms with Crippen LogP contribution in [-0.4, -0.2) is 66.6 Å². The Morgan fingerprint density at radius 1 is 1.00 bits per heavy atom. The number of sulfone groups is 1. The predicted octanol–water partition coefficient (Wildman–Crippen LogP) is 5.84. The number of unbranched alkanes of at least 4 members (excludes halogenated alkanes) is 1. The molecule has 0 unspecified atom stereocenters. The summed E-state index contributed by atoms with van der Waals surface area (Å²) in [7, 11) is -2.07. The van der Waals surface area contributed by atoms with Gasteiger partial charge in [-0.2, -0.15) is 0 Å². The molecular weight excluding hydrogens is 671 g/mol. The molecule has 1 aliphatic carbocycles. The zero-order valence-corrected chi connectivity index (χ0v) is 30.0. The van der Waals surface area contributed by atoms with Crippen molar-refractivity contribution in [2.75, 3.05) is 30.8 Å². The molecule has 12 nitrogen and oxygen atoms in total. The van der Waals surface area contributed by atoms with Crippen molar-refractivity contribution >= 4 is 49.9 Å². The molecule has 3 amide bonds. The van der Waals surface area contributed by atoms with Crippen LogP contribution in [0.5, 0.6) is 0 Å². The summed E-state index contributed by atoms with van der Waals surface area (Å²) in [5.74, 6) is -0.836. The summed E-state index contributed by atoms with van der Waals surface area (Å²) < 4.78 is 32.7. The summed E-state index contributed by atoms with van der Waals surface area (Å²) in [6, 6.07) is 15.6. The number of pyridine rings is 1. The van der Waals surface area contributed by atoms with Crippen LogP contribution in [0, 0.1) is 6.92 Å². The van der Waals surface area contributed by atoms with Crippen LogP contribution in [0.25, 0.3) is 10.8 Å². The molecule has 2 aliphatic heterocycles. The minimum Gasteiger partial charge on any atom is -0.449 e. The third kappa shape index (κ3) is 7.63. The highest BCUT2D eigenvalue weighted by Crippen LogP contribution is 2.37. The summed E-state index contributed by atoms with van der Waals surface area (Å²) in [5, 5.41) is 6.87. The van der Waals surface area contributed by atoms with Crippen LogP contribution < -0.4 is 16.2 Å². The number of likely N-dealkylation sites (N-methyl/N-ethyl adjacent to an activating group) is 1. The molecular formula is C38H43N5O7S. The zero-order valence-electron chi connectivity index (χ0n) is 29.2. The van der Waals surface area contributed by atoms with Gasteiger partial charge in [0.1, 0.15) is 12.6 Å². The maximum absolute atomic E-state index is 14.5. The fourth-order valence-corrected chi connectivity index (χ4v) is 8.38. The first-order valence-corrected chi connectivity index (χ1v) is 18.8. The number of aryl methyl sites for hydroxylation is 1. The second-order valence-electron chi connectivity index (χ2n) is 13.4. The number of aromatic nitrogens is 1. The minimum atomic E-state index is -3.67. The summed E-state index contributed by atoms with van der Waals surface area (Å²) in [5.41, 5.74) is 3.12. The lowest BCUT2D eigenvalue weighted by molar-refractivity contribution is -0.131. The van der Waals surface area contributed by atoms with Crippen LogP contribution in [0.2, 0.25) is 0 Å². The standard InChI is InChI=1S/C38H43N5O7S/c1-5-6-17-50-38(47)43-22-34(44)40-28-10-14-33(51(48,49)30-11-12-30)27(19-28)21-42(4)37(46)35(26-8-13-31(24(43)3)23(2)18-26)41-29-9-7-25-15-16-39-36(45)32(25)20-29/h7-10,13-16,18-20,24,30,35,41H,5-6,11-12,17,21-22H2,1-4H3,(H,39,45)(H,40,44)/t24-,35-/m1/s1. The normalized spacial score (nSPS) is 18.5. The first kappa shape index (κ1) is 35.6. The molecule has 0 radical (unpaired) electrons. The molecule has 0 spiro atoms. The van der Waals surface area contributed by atoms with Gasteiger partial charge in [0.25, 0.3) is 5.56 Å². The number of aromatic amines is 1. The summed E-state index contributed by atoms with van der Waals surface area (Å²) >= 11 is 0. The molecule has 1 aromatic heterocycles. The van der Waals surface area contributed by atoms with E-state index in [9.17, 15) is 27.6 Å². The fraction of sp³-hybridized carbons (Fsp3) is 0.368. The number of amides is 3. The Morgan fingerprint density at radius 2 is 1.78 bits per heavy atom. The number of nitrogens with one attached hydrogen (secondary N) is 3. The number of carbonyl (C=O) groups excluding carboxylic acids is 3. The van der Waals surface area contributed by atoms with Crippen molar-refractivity contribution < 1.29 is 27.5 Å². The van der Waals surface area contributed by atoms with Gasteiger partial charge in [-0.15, -0.1) is 0 Å². The highest BCUT2D eigenvalue weighted by Gasteiger charge is 2.39. The van der Waals surface area contributed by atoms with Crippen molar-refractivity contribution in [3.05, 3.63) is 99.5 Å². The first-order chi connectivity index (χ1) is 24.4. The number of hydrogen-bond donors (Lipinski definition) is 3. The number of carbonyl (C=O) groups is 3. The Balaban J connectivity index is 1.46. The summed E-state index contributed by atoms with van der Waals surface area (Å²) in [6.07, 6.45) is 3.57. The smallest absolute Gasteiger partial charge is 0.410 e. The van der Waals surface area contributed by atoms with Crippen molar-refractivity contribution in [2.45, 2.75) is 75.2 Å². The Labute approximate surface area is 297 Å². The number of rotatable bonds is 7. The van der Waals surface area contributed by atoms with Gasteiger partial charge in [-0.3, -0.25) is 19.3 Å². The molecule has 3 heterocycles. The molecule has 7 rings (SSSR count). The SMILES string of the molecule is CCCCOC(=O)N1CC(=O)Nc2ccc(S(=O)(=O)C3CC3)c(c2)CN(C)C(=O)[C@H](Nc2ccc3cc[nH]c(=O)c3c2)c2ccc(c(C)c2)[C@H]1C. The third-order valence-electron chi connectivity index (χ3n) is 9.55. The molecule has 1 saturated carbocycles. The largest absolute Gasteiger partial charge is 0.449 e. The van der Waals surface area contributed by atoms with Crippen LogP contribution in [0.3, 0.4) is 0 Å². The lowest BCUT2D eigenvalue weighted by atomic mass is 9.95. The number of hydrogen-bond acceptors (Lipinski definition) is 8. The Hall–Kier alpha value is -5.17. The average Bonchev–Trinajstić information content (AvgIpc) is 3.96. The highest BCUT2D eigenvalue weighted by molar-refractivity contribution is 7.92. The average molecular weight is 714 g/mol. The number of fused-ring (bicyclic) bond motifs is 10. The zero-order chi connectivity index (χ0) is 36.4. The number of benzene rings is 3. The highest BCUT2D eigenvalue weighted by atomic mass is 32.2. The molecule has 1 fully saturated rings. The van der Waals surface area contributed by atoms with E-state index in [1.807, 2.05) is 32.9 Å². The van der Waals surface area contributed by atoms with E-state index in [0.717, 1.165) is 22.9 Å². The number of H-pyrrole nitrogens is 1. The first-order valence-electron chi connectivity index (χ1n) is 17.2. The number of nitrogens with zero attached hydrogens (tertiary/aromatic N) is 2. The Morgan fingerprint density at radius 3 is 2.51 bits per heavy atom. The monoisotopic (exact) mass is 713 g/mol. The number of ether oxygens (including phenoxy) is 1. The maximum Gasteiger partial charge on any atom is 0.410 e. The van der Waals surface area contributed by atoms with Crippen molar-refractivity contribution in [1.82, 2.24) is 14.8 Å². The Bertz CT molecular complexity index is 2160. The maximum atomic E-state index is 14.5. The van der Waals surface area contributed by atoms with Gasteiger partial charge in [0, 0.05) is 36.6 Å². The topological polar surface area (TPSA) is 158 Å². The van der Waals surface area contributed by atoms with Crippen molar-refractivity contribution in [1.29, 1.82) is 0 Å². The van der Waals surface area contributed by atoms with Gasteiger partial charge in [0.15, 0.2) is 9.84 Å². The molecule has 4 aromatic rings. The van der Waals surface area contributed by atoms with E-state index in [1.165, 1.54) is 21.9 Å². The molecule has 0 saturated heterocycles. The van der Waals surface area contributed by atoms with Crippen LogP contribution in [0.15, 0.2) is 76.6 Å². The number of anilines is 2. The minimum absolute atomic E-state index is 0.0661. The van der Waals surface area contributed by atoms with Crippen molar-refractivity contribution in [3.8, 4) is 0 Å². The molecule has 3 aliphatic rings. The van der Waals surface area contributed by atoms with Crippen molar-refractivity contribution in [2.24, 2.45) is 0 Å². The summed E-state index contributed by atoms with van der Waals surface area (Å²) in [4.78, 5) is 59.6.